The number of fused-ring (bicyclic) bond motifs is 1. The van der Waals surface area contributed by atoms with Crippen molar-refractivity contribution in [3.8, 4) is 5.75 Å². The number of H-pyrrole nitrogens is 1. The average Bonchev–Trinajstić information content (AvgIpc) is 2.80. The summed E-state index contributed by atoms with van der Waals surface area (Å²) in [5, 5.41) is 15.5. The first-order valence-corrected chi connectivity index (χ1v) is 10.4. The van der Waals surface area contributed by atoms with Gasteiger partial charge in [-0.3, -0.25) is 10.3 Å². The van der Waals surface area contributed by atoms with Crippen molar-refractivity contribution in [3.05, 3.63) is 90.3 Å². The molecular weight excluding hydrogens is 372 g/mol. The minimum atomic E-state index is -0.235. The van der Waals surface area contributed by atoms with Crippen molar-refractivity contribution < 1.29 is 10.1 Å². The zero-order chi connectivity index (χ0) is 20.9. The van der Waals surface area contributed by atoms with Gasteiger partial charge in [0.05, 0.1) is 6.20 Å². The van der Waals surface area contributed by atoms with E-state index < -0.39 is 0 Å². The summed E-state index contributed by atoms with van der Waals surface area (Å²) in [6.45, 7) is 6.25. The summed E-state index contributed by atoms with van der Waals surface area (Å²) < 4.78 is 0. The zero-order valence-electron chi connectivity index (χ0n) is 17.3. The summed E-state index contributed by atoms with van der Waals surface area (Å²) in [7, 11) is 0. The van der Waals surface area contributed by atoms with Gasteiger partial charge in [-0.2, -0.15) is 0 Å². The quantitative estimate of drug-likeness (QED) is 0.468. The van der Waals surface area contributed by atoms with E-state index in [0.29, 0.717) is 5.52 Å². The number of aromatic amines is 1. The molecule has 4 aromatic rings. The van der Waals surface area contributed by atoms with Crippen molar-refractivity contribution in [2.24, 2.45) is 0 Å². The minimum absolute atomic E-state index is 0.203. The number of hydrogen-bond acceptors (Lipinski definition) is 4. The van der Waals surface area contributed by atoms with E-state index in [9.17, 15) is 5.11 Å². The molecule has 5 heteroatoms. The van der Waals surface area contributed by atoms with E-state index >= 15 is 0 Å². The summed E-state index contributed by atoms with van der Waals surface area (Å²) >= 11 is 0. The molecular formula is C25H27N4O+. The smallest absolute Gasteiger partial charge is 0.272 e. The predicted octanol–water partition coefficient (Wildman–Crippen LogP) is 4.80. The van der Waals surface area contributed by atoms with Crippen molar-refractivity contribution in [1.82, 2.24) is 4.98 Å². The Morgan fingerprint density at radius 2 is 1.77 bits per heavy atom. The van der Waals surface area contributed by atoms with Crippen LogP contribution in [-0.2, 0) is 0 Å². The lowest BCUT2D eigenvalue weighted by Gasteiger charge is -2.22. The van der Waals surface area contributed by atoms with Gasteiger partial charge in [-0.1, -0.05) is 30.3 Å². The topological polar surface area (TPSA) is 62.5 Å². The van der Waals surface area contributed by atoms with E-state index in [-0.39, 0.29) is 11.8 Å². The molecule has 2 aromatic heterocycles. The molecule has 2 aromatic carbocycles. The monoisotopic (exact) mass is 399 g/mol. The van der Waals surface area contributed by atoms with Crippen LogP contribution in [0.1, 0.15) is 31.0 Å². The van der Waals surface area contributed by atoms with E-state index in [1.165, 1.54) is 5.69 Å². The Hall–Kier alpha value is -3.60. The van der Waals surface area contributed by atoms with Gasteiger partial charge in [-0.15, -0.1) is 0 Å². The van der Waals surface area contributed by atoms with Crippen molar-refractivity contribution in [2.75, 3.05) is 23.3 Å². The average molecular weight is 400 g/mol. The number of nitrogens with one attached hydrogen (secondary N) is 2. The standard InChI is InChI=1S/C25H26N4O/c1-3-29(4-2)20-13-10-19(11-14-20)23(28-22-9-5-6-16-26-22)21-15-12-18-8-7-17-27-24(18)25(21)30/h5-17,23,30H,3-4H2,1-2H3,(H,26,28)/p+1/t23-/m0/s1. The number of nitrogens with zero attached hydrogens (tertiary/aromatic N) is 2. The van der Waals surface area contributed by atoms with E-state index in [1.807, 2.05) is 48.7 Å². The summed E-state index contributed by atoms with van der Waals surface area (Å²) in [5.41, 5.74) is 3.65. The van der Waals surface area contributed by atoms with Crippen molar-refractivity contribution in [3.63, 3.8) is 0 Å². The van der Waals surface area contributed by atoms with Crippen LogP contribution in [0.5, 0.6) is 5.75 Å². The molecule has 0 aliphatic rings. The molecule has 152 valence electrons. The Kier molecular flexibility index (Phi) is 5.80. The van der Waals surface area contributed by atoms with Crippen LogP contribution in [0.4, 0.5) is 11.5 Å². The first-order chi connectivity index (χ1) is 14.7. The number of aromatic hydroxyl groups is 1. The van der Waals surface area contributed by atoms with Crippen LogP contribution in [0.25, 0.3) is 10.9 Å². The van der Waals surface area contributed by atoms with Gasteiger partial charge in [0.1, 0.15) is 17.3 Å². The molecule has 0 amide bonds. The number of rotatable bonds is 7. The highest BCUT2D eigenvalue weighted by Gasteiger charge is 2.24. The van der Waals surface area contributed by atoms with Crippen molar-refractivity contribution in [1.29, 1.82) is 0 Å². The molecule has 0 spiro atoms. The SMILES string of the molecule is CCN(CC)c1ccc([C@H](Nc2cccc[nH+]2)c2ccc3cccnc3c2O)cc1. The van der Waals surface area contributed by atoms with Gasteiger partial charge in [-0.05, 0) is 44.2 Å². The molecule has 0 radical (unpaired) electrons. The Bertz CT molecular complexity index is 1110. The second-order valence-corrected chi connectivity index (χ2v) is 7.20. The third-order valence-electron chi connectivity index (χ3n) is 5.45. The second kappa shape index (κ2) is 8.82. The third kappa shape index (κ3) is 3.92. The Morgan fingerprint density at radius 1 is 0.967 bits per heavy atom. The van der Waals surface area contributed by atoms with Crippen LogP contribution in [0, 0.1) is 0 Å². The van der Waals surface area contributed by atoms with Gasteiger partial charge in [-0.25, -0.2) is 4.98 Å². The van der Waals surface area contributed by atoms with Gasteiger partial charge >= 0.3 is 0 Å². The largest absolute Gasteiger partial charge is 0.505 e. The molecule has 0 aliphatic carbocycles. The van der Waals surface area contributed by atoms with Gasteiger partial charge < -0.3 is 10.0 Å². The van der Waals surface area contributed by atoms with E-state index in [1.54, 1.807) is 6.20 Å². The summed E-state index contributed by atoms with van der Waals surface area (Å²) in [6, 6.07) is 22.0. The van der Waals surface area contributed by atoms with Crippen LogP contribution in [0.2, 0.25) is 0 Å². The van der Waals surface area contributed by atoms with Gasteiger partial charge in [0.15, 0.2) is 0 Å². The van der Waals surface area contributed by atoms with Crippen molar-refractivity contribution >= 4 is 22.4 Å². The third-order valence-corrected chi connectivity index (χ3v) is 5.45. The fraction of sp³-hybridized carbons (Fsp3) is 0.200. The lowest BCUT2D eigenvalue weighted by Crippen LogP contribution is -2.22. The van der Waals surface area contributed by atoms with E-state index in [2.05, 4.69) is 58.3 Å². The first kappa shape index (κ1) is 19.7. The van der Waals surface area contributed by atoms with Gasteiger partial charge in [0.25, 0.3) is 5.82 Å². The van der Waals surface area contributed by atoms with Gasteiger partial charge in [0, 0.05) is 47.6 Å². The number of phenolic OH excluding ortho intramolecular Hbond substituents is 1. The van der Waals surface area contributed by atoms with Crippen LogP contribution in [0.15, 0.2) is 79.1 Å². The maximum atomic E-state index is 11.1. The Balaban J connectivity index is 1.78. The molecule has 0 saturated heterocycles. The summed E-state index contributed by atoms with van der Waals surface area (Å²) in [4.78, 5) is 9.93. The Labute approximate surface area is 177 Å². The van der Waals surface area contributed by atoms with Crippen molar-refractivity contribution in [2.45, 2.75) is 19.9 Å². The molecule has 0 bridgehead atoms. The number of phenols is 1. The van der Waals surface area contributed by atoms with Crippen LogP contribution in [0.3, 0.4) is 0 Å². The van der Waals surface area contributed by atoms with E-state index in [0.717, 1.165) is 35.4 Å². The molecule has 0 aliphatic heterocycles. The molecule has 0 saturated carbocycles. The highest BCUT2D eigenvalue weighted by molar-refractivity contribution is 5.86. The maximum absolute atomic E-state index is 11.1. The number of hydrogen-bond donors (Lipinski definition) is 2. The van der Waals surface area contributed by atoms with Crippen LogP contribution < -0.4 is 15.2 Å². The normalized spacial score (nSPS) is 11.9. The fourth-order valence-corrected chi connectivity index (χ4v) is 3.82. The first-order valence-electron chi connectivity index (χ1n) is 10.4. The van der Waals surface area contributed by atoms with Crippen LogP contribution in [-0.4, -0.2) is 23.2 Å². The van der Waals surface area contributed by atoms with Crippen LogP contribution >= 0.6 is 0 Å². The molecule has 0 unspecified atom stereocenters. The highest BCUT2D eigenvalue weighted by Crippen LogP contribution is 2.36. The number of aromatic nitrogens is 2. The lowest BCUT2D eigenvalue weighted by molar-refractivity contribution is -0.361. The summed E-state index contributed by atoms with van der Waals surface area (Å²) in [5.74, 6) is 1.07. The number of pyridine rings is 2. The summed E-state index contributed by atoms with van der Waals surface area (Å²) in [6.07, 6.45) is 3.59. The highest BCUT2D eigenvalue weighted by atomic mass is 16.3. The van der Waals surface area contributed by atoms with Gasteiger partial charge in [0.2, 0.25) is 0 Å². The lowest BCUT2D eigenvalue weighted by atomic mass is 9.96. The molecule has 2 heterocycles. The molecule has 0 fully saturated rings. The maximum Gasteiger partial charge on any atom is 0.272 e. The molecule has 4 rings (SSSR count). The molecule has 30 heavy (non-hydrogen) atoms. The van der Waals surface area contributed by atoms with E-state index in [4.69, 9.17) is 0 Å². The Morgan fingerprint density at radius 3 is 2.47 bits per heavy atom. The predicted molar refractivity (Wildman–Crippen MR) is 122 cm³/mol. The molecule has 1 atom stereocenters. The minimum Gasteiger partial charge on any atom is -0.505 e. The molecule has 5 nitrogen and oxygen atoms in total. The fourth-order valence-electron chi connectivity index (χ4n) is 3.82. The second-order valence-electron chi connectivity index (χ2n) is 7.20. The molecule has 3 N–H and O–H groups in total. The number of benzene rings is 2. The zero-order valence-corrected chi connectivity index (χ0v) is 17.3. The number of anilines is 2.